The summed E-state index contributed by atoms with van der Waals surface area (Å²) in [6, 6.07) is 0. The SMILES string of the molecule is C=C[C@@H]1C[C@@H]1c1nnc(N)s1. The molecule has 0 amide bonds. The number of nitrogens with zero attached hydrogens (tertiary/aromatic N) is 2. The van der Waals surface area contributed by atoms with Crippen LogP contribution in [0.2, 0.25) is 0 Å². The van der Waals surface area contributed by atoms with Crippen molar-refractivity contribution in [3.05, 3.63) is 17.7 Å². The molecular formula is C7H9N3S. The van der Waals surface area contributed by atoms with Gasteiger partial charge in [0.1, 0.15) is 5.01 Å². The normalized spacial score (nSPS) is 28.4. The van der Waals surface area contributed by atoms with Crippen LogP contribution in [0, 0.1) is 5.92 Å². The fraction of sp³-hybridized carbons (Fsp3) is 0.429. The van der Waals surface area contributed by atoms with Crippen LogP contribution in [0.4, 0.5) is 5.13 Å². The van der Waals surface area contributed by atoms with E-state index in [0.717, 1.165) is 11.4 Å². The third kappa shape index (κ3) is 1.14. The average Bonchev–Trinajstić information content (AvgIpc) is 2.68. The third-order valence-corrected chi connectivity index (χ3v) is 2.80. The van der Waals surface area contributed by atoms with Crippen LogP contribution >= 0.6 is 11.3 Å². The van der Waals surface area contributed by atoms with Crippen LogP contribution in [-0.4, -0.2) is 10.2 Å². The standard InChI is InChI=1S/C7H9N3S/c1-2-4-3-5(4)6-9-10-7(8)11-6/h2,4-5H,1,3H2,(H2,8,10)/t4-,5+/m1/s1. The summed E-state index contributed by atoms with van der Waals surface area (Å²) in [6.45, 7) is 3.73. The maximum absolute atomic E-state index is 5.45. The second kappa shape index (κ2) is 2.30. The summed E-state index contributed by atoms with van der Waals surface area (Å²) in [5.74, 6) is 1.17. The summed E-state index contributed by atoms with van der Waals surface area (Å²) in [4.78, 5) is 0. The van der Waals surface area contributed by atoms with Gasteiger partial charge in [-0.1, -0.05) is 17.4 Å². The first-order valence-electron chi connectivity index (χ1n) is 3.52. The molecule has 1 saturated carbocycles. The molecule has 0 radical (unpaired) electrons. The molecule has 0 aliphatic heterocycles. The van der Waals surface area contributed by atoms with Gasteiger partial charge in [-0.3, -0.25) is 0 Å². The molecule has 1 aromatic heterocycles. The number of nitrogens with two attached hydrogens (primary N) is 1. The molecule has 1 aliphatic rings. The topological polar surface area (TPSA) is 51.8 Å². The second-order valence-corrected chi connectivity index (χ2v) is 3.76. The van der Waals surface area contributed by atoms with Gasteiger partial charge in [-0.25, -0.2) is 0 Å². The van der Waals surface area contributed by atoms with E-state index in [9.17, 15) is 0 Å². The molecule has 0 unspecified atom stereocenters. The first-order valence-corrected chi connectivity index (χ1v) is 4.34. The zero-order valence-electron chi connectivity index (χ0n) is 6.03. The van der Waals surface area contributed by atoms with Gasteiger partial charge in [0.15, 0.2) is 0 Å². The predicted octanol–water partition coefficient (Wildman–Crippen LogP) is 1.41. The Morgan fingerprint density at radius 3 is 2.91 bits per heavy atom. The first kappa shape index (κ1) is 6.79. The Balaban J connectivity index is 2.14. The number of anilines is 1. The molecule has 58 valence electrons. The number of hydrogen-bond acceptors (Lipinski definition) is 4. The summed E-state index contributed by atoms with van der Waals surface area (Å²) >= 11 is 1.49. The Hall–Kier alpha value is -0.900. The molecule has 1 aromatic rings. The molecule has 2 rings (SSSR count). The Labute approximate surface area is 68.9 Å². The minimum atomic E-state index is 0.558. The molecule has 2 N–H and O–H groups in total. The number of nitrogen functional groups attached to an aromatic ring is 1. The maximum atomic E-state index is 5.45. The predicted molar refractivity (Wildman–Crippen MR) is 45.4 cm³/mol. The molecular weight excluding hydrogens is 158 g/mol. The van der Waals surface area contributed by atoms with Crippen LogP contribution < -0.4 is 5.73 Å². The van der Waals surface area contributed by atoms with Crippen molar-refractivity contribution >= 4 is 16.5 Å². The smallest absolute Gasteiger partial charge is 0.203 e. The van der Waals surface area contributed by atoms with Crippen molar-refractivity contribution < 1.29 is 0 Å². The van der Waals surface area contributed by atoms with Crippen molar-refractivity contribution in [3.8, 4) is 0 Å². The highest BCUT2D eigenvalue weighted by molar-refractivity contribution is 7.15. The lowest BCUT2D eigenvalue weighted by Gasteiger charge is -1.84. The summed E-state index contributed by atoms with van der Waals surface area (Å²) in [5.41, 5.74) is 5.45. The summed E-state index contributed by atoms with van der Waals surface area (Å²) in [6.07, 6.45) is 3.14. The van der Waals surface area contributed by atoms with Crippen molar-refractivity contribution in [1.29, 1.82) is 0 Å². The van der Waals surface area contributed by atoms with Gasteiger partial charge in [0.05, 0.1) is 0 Å². The average molecular weight is 167 g/mol. The molecule has 1 aliphatic carbocycles. The lowest BCUT2D eigenvalue weighted by molar-refractivity contribution is 0.938. The van der Waals surface area contributed by atoms with Gasteiger partial charge in [-0.15, -0.1) is 16.8 Å². The van der Waals surface area contributed by atoms with Gasteiger partial charge in [-0.2, -0.15) is 0 Å². The molecule has 0 saturated heterocycles. The number of aromatic nitrogens is 2. The molecule has 0 aromatic carbocycles. The molecule has 11 heavy (non-hydrogen) atoms. The fourth-order valence-electron chi connectivity index (χ4n) is 1.16. The van der Waals surface area contributed by atoms with E-state index < -0.39 is 0 Å². The summed E-state index contributed by atoms with van der Waals surface area (Å²) < 4.78 is 0. The van der Waals surface area contributed by atoms with Gasteiger partial charge in [-0.05, 0) is 12.3 Å². The van der Waals surface area contributed by atoms with Crippen molar-refractivity contribution in [1.82, 2.24) is 10.2 Å². The fourth-order valence-corrected chi connectivity index (χ4v) is 1.96. The van der Waals surface area contributed by atoms with Gasteiger partial charge in [0.2, 0.25) is 5.13 Å². The summed E-state index contributed by atoms with van der Waals surface area (Å²) in [5, 5.41) is 9.36. The van der Waals surface area contributed by atoms with Crippen LogP contribution in [0.5, 0.6) is 0 Å². The van der Waals surface area contributed by atoms with Crippen molar-refractivity contribution in [2.75, 3.05) is 5.73 Å². The van der Waals surface area contributed by atoms with Crippen LogP contribution in [0.15, 0.2) is 12.7 Å². The lowest BCUT2D eigenvalue weighted by Crippen LogP contribution is -1.81. The van der Waals surface area contributed by atoms with E-state index in [-0.39, 0.29) is 0 Å². The number of allylic oxidation sites excluding steroid dienone is 1. The van der Waals surface area contributed by atoms with Crippen LogP contribution in [0.1, 0.15) is 17.3 Å². The van der Waals surface area contributed by atoms with E-state index in [2.05, 4.69) is 16.8 Å². The largest absolute Gasteiger partial charge is 0.374 e. The molecule has 4 heteroatoms. The minimum absolute atomic E-state index is 0.558. The molecule has 1 heterocycles. The van der Waals surface area contributed by atoms with Crippen LogP contribution in [0.3, 0.4) is 0 Å². The van der Waals surface area contributed by atoms with E-state index in [1.165, 1.54) is 11.3 Å². The Kier molecular flexibility index (Phi) is 1.42. The Bertz CT molecular complexity index is 281. The molecule has 0 spiro atoms. The van der Waals surface area contributed by atoms with Gasteiger partial charge in [0, 0.05) is 5.92 Å². The van der Waals surface area contributed by atoms with Crippen LogP contribution in [-0.2, 0) is 0 Å². The van der Waals surface area contributed by atoms with E-state index in [1.807, 2.05) is 6.08 Å². The van der Waals surface area contributed by atoms with Gasteiger partial charge in [0.25, 0.3) is 0 Å². The lowest BCUT2D eigenvalue weighted by atomic mass is 10.3. The van der Waals surface area contributed by atoms with Gasteiger partial charge >= 0.3 is 0 Å². The third-order valence-electron chi connectivity index (χ3n) is 1.92. The number of rotatable bonds is 2. The van der Waals surface area contributed by atoms with Crippen LogP contribution in [0.25, 0.3) is 0 Å². The minimum Gasteiger partial charge on any atom is -0.374 e. The Morgan fingerprint density at radius 2 is 2.45 bits per heavy atom. The Morgan fingerprint density at radius 1 is 1.64 bits per heavy atom. The maximum Gasteiger partial charge on any atom is 0.203 e. The van der Waals surface area contributed by atoms with E-state index in [0.29, 0.717) is 17.0 Å². The summed E-state index contributed by atoms with van der Waals surface area (Å²) in [7, 11) is 0. The van der Waals surface area contributed by atoms with E-state index in [4.69, 9.17) is 5.73 Å². The molecule has 3 nitrogen and oxygen atoms in total. The van der Waals surface area contributed by atoms with E-state index >= 15 is 0 Å². The zero-order valence-corrected chi connectivity index (χ0v) is 6.84. The van der Waals surface area contributed by atoms with Gasteiger partial charge < -0.3 is 5.73 Å². The van der Waals surface area contributed by atoms with Crippen molar-refractivity contribution in [3.63, 3.8) is 0 Å². The zero-order chi connectivity index (χ0) is 7.84. The molecule has 1 fully saturated rings. The quantitative estimate of drug-likeness (QED) is 0.677. The highest BCUT2D eigenvalue weighted by Crippen LogP contribution is 2.48. The van der Waals surface area contributed by atoms with Crippen molar-refractivity contribution in [2.45, 2.75) is 12.3 Å². The second-order valence-electron chi connectivity index (χ2n) is 2.72. The molecule has 0 bridgehead atoms. The van der Waals surface area contributed by atoms with E-state index in [1.54, 1.807) is 0 Å². The molecule has 2 atom stereocenters. The number of hydrogen-bond donors (Lipinski definition) is 1. The monoisotopic (exact) mass is 167 g/mol. The highest BCUT2D eigenvalue weighted by Gasteiger charge is 2.38. The first-order chi connectivity index (χ1) is 5.31. The highest BCUT2D eigenvalue weighted by atomic mass is 32.1. The van der Waals surface area contributed by atoms with Crippen molar-refractivity contribution in [2.24, 2.45) is 5.92 Å².